The summed E-state index contributed by atoms with van der Waals surface area (Å²) in [5.41, 5.74) is 3.14. The summed E-state index contributed by atoms with van der Waals surface area (Å²) in [6.07, 6.45) is 5.15. The molecule has 2 unspecified atom stereocenters. The smallest absolute Gasteiger partial charge is 0.253 e. The molecule has 0 saturated carbocycles. The Morgan fingerprint density at radius 1 is 1.30 bits per heavy atom. The molecule has 2 saturated heterocycles. The zero-order chi connectivity index (χ0) is 13.7. The Morgan fingerprint density at radius 2 is 2.20 bits per heavy atom. The molecule has 0 radical (unpaired) electrons. The summed E-state index contributed by atoms with van der Waals surface area (Å²) in [7, 11) is 0. The Bertz CT molecular complexity index is 675. The number of piperidine rings is 1. The number of amides is 1. The second-order valence-corrected chi connectivity index (χ2v) is 6.10. The standard InChI is InChI=1S/C16H19N3O/c1-11-4-7-19-9-13(2-3-15(11)19)16(20)17-14-10-18-6-5-12(14)8-18/h2-4,7,9,12,14H,5-6,8,10H2,1H3,(H,17,20)/t12-,14?/m1/s1. The van der Waals surface area contributed by atoms with Gasteiger partial charge in [-0.3, -0.25) is 4.79 Å². The van der Waals surface area contributed by atoms with Crippen LogP contribution in [0.5, 0.6) is 0 Å². The zero-order valence-electron chi connectivity index (χ0n) is 11.7. The molecule has 4 rings (SSSR count). The fourth-order valence-electron chi connectivity index (χ4n) is 3.59. The molecular formula is C16H19N3O. The van der Waals surface area contributed by atoms with Gasteiger partial charge in [0.1, 0.15) is 0 Å². The van der Waals surface area contributed by atoms with Crippen LogP contribution in [-0.4, -0.2) is 40.9 Å². The second kappa shape index (κ2) is 4.35. The lowest BCUT2D eigenvalue weighted by Gasteiger charge is -2.23. The first-order chi connectivity index (χ1) is 9.70. The van der Waals surface area contributed by atoms with Gasteiger partial charge in [-0.25, -0.2) is 0 Å². The number of nitrogens with zero attached hydrogens (tertiary/aromatic N) is 2. The third kappa shape index (κ3) is 1.83. The Morgan fingerprint density at radius 3 is 2.95 bits per heavy atom. The van der Waals surface area contributed by atoms with E-state index < -0.39 is 0 Å². The molecule has 0 spiro atoms. The van der Waals surface area contributed by atoms with Crippen LogP contribution < -0.4 is 5.32 Å². The number of fused-ring (bicyclic) bond motifs is 3. The molecule has 2 aromatic rings. The molecule has 2 aliphatic rings. The van der Waals surface area contributed by atoms with Crippen molar-refractivity contribution in [2.45, 2.75) is 19.4 Å². The van der Waals surface area contributed by atoms with Gasteiger partial charge in [0.2, 0.25) is 0 Å². The SMILES string of the molecule is Cc1ccn2cc(C(=O)NC3CN4CC[C@@H]3C4)ccc12. The number of nitrogens with one attached hydrogen (secondary N) is 1. The topological polar surface area (TPSA) is 36.8 Å². The lowest BCUT2D eigenvalue weighted by Crippen LogP contribution is -2.43. The summed E-state index contributed by atoms with van der Waals surface area (Å²) < 4.78 is 2.02. The third-order valence-electron chi connectivity index (χ3n) is 4.78. The van der Waals surface area contributed by atoms with Gasteiger partial charge in [-0.05, 0) is 49.6 Å². The fourth-order valence-corrected chi connectivity index (χ4v) is 3.59. The van der Waals surface area contributed by atoms with E-state index in [1.54, 1.807) is 0 Å². The van der Waals surface area contributed by atoms with Crippen LogP contribution in [0.15, 0.2) is 30.6 Å². The van der Waals surface area contributed by atoms with Gasteiger partial charge in [0.05, 0.1) is 5.56 Å². The second-order valence-electron chi connectivity index (χ2n) is 6.10. The van der Waals surface area contributed by atoms with Crippen LogP contribution in [-0.2, 0) is 0 Å². The van der Waals surface area contributed by atoms with E-state index in [1.165, 1.54) is 18.5 Å². The van der Waals surface area contributed by atoms with Crippen molar-refractivity contribution in [3.8, 4) is 0 Å². The highest BCUT2D eigenvalue weighted by Gasteiger charge is 2.38. The Balaban J connectivity index is 1.54. The van der Waals surface area contributed by atoms with Crippen LogP contribution in [0.25, 0.3) is 5.52 Å². The van der Waals surface area contributed by atoms with Gasteiger partial charge in [0.15, 0.2) is 0 Å². The van der Waals surface area contributed by atoms with Gasteiger partial charge in [-0.2, -0.15) is 0 Å². The largest absolute Gasteiger partial charge is 0.348 e. The molecule has 2 aliphatic heterocycles. The summed E-state index contributed by atoms with van der Waals surface area (Å²) in [5.74, 6) is 0.702. The van der Waals surface area contributed by atoms with Crippen LogP contribution in [0.4, 0.5) is 0 Å². The average Bonchev–Trinajstić information content (AvgIpc) is 3.14. The predicted molar refractivity (Wildman–Crippen MR) is 77.9 cm³/mol. The van der Waals surface area contributed by atoms with E-state index in [-0.39, 0.29) is 5.91 Å². The minimum Gasteiger partial charge on any atom is -0.348 e. The number of aryl methyl sites for hydroxylation is 1. The van der Waals surface area contributed by atoms with Crippen molar-refractivity contribution in [3.63, 3.8) is 0 Å². The third-order valence-corrected chi connectivity index (χ3v) is 4.78. The Kier molecular flexibility index (Phi) is 2.60. The van der Waals surface area contributed by atoms with Crippen molar-refractivity contribution >= 4 is 11.4 Å². The molecule has 4 heterocycles. The lowest BCUT2D eigenvalue weighted by atomic mass is 10.00. The van der Waals surface area contributed by atoms with E-state index in [0.717, 1.165) is 24.2 Å². The van der Waals surface area contributed by atoms with Crippen LogP contribution in [0.1, 0.15) is 22.3 Å². The van der Waals surface area contributed by atoms with Gasteiger partial charge < -0.3 is 14.6 Å². The summed E-state index contributed by atoms with van der Waals surface area (Å²) in [4.78, 5) is 14.8. The van der Waals surface area contributed by atoms with Gasteiger partial charge in [0.25, 0.3) is 5.91 Å². The van der Waals surface area contributed by atoms with Gasteiger partial charge in [-0.15, -0.1) is 0 Å². The Hall–Kier alpha value is -1.81. The normalized spacial score (nSPS) is 28.1. The highest BCUT2D eigenvalue weighted by Crippen LogP contribution is 2.27. The first-order valence-corrected chi connectivity index (χ1v) is 7.31. The molecule has 2 aromatic heterocycles. The first kappa shape index (κ1) is 12.0. The zero-order valence-corrected chi connectivity index (χ0v) is 11.7. The Labute approximate surface area is 118 Å². The number of hydrogen-bond acceptors (Lipinski definition) is 2. The highest BCUT2D eigenvalue weighted by molar-refractivity contribution is 5.94. The molecule has 1 N–H and O–H groups in total. The molecule has 1 amide bonds. The highest BCUT2D eigenvalue weighted by atomic mass is 16.1. The summed E-state index contributed by atoms with van der Waals surface area (Å²) in [6, 6.07) is 6.35. The number of carbonyl (C=O) groups excluding carboxylic acids is 1. The molecule has 20 heavy (non-hydrogen) atoms. The van der Waals surface area contributed by atoms with E-state index in [2.05, 4.69) is 23.2 Å². The van der Waals surface area contributed by atoms with Crippen molar-refractivity contribution < 1.29 is 4.79 Å². The van der Waals surface area contributed by atoms with E-state index in [1.807, 2.05) is 28.9 Å². The van der Waals surface area contributed by atoms with E-state index in [9.17, 15) is 4.79 Å². The summed E-state index contributed by atoms with van der Waals surface area (Å²) in [6.45, 7) is 5.45. The van der Waals surface area contributed by atoms with Crippen molar-refractivity contribution in [2.24, 2.45) is 5.92 Å². The first-order valence-electron chi connectivity index (χ1n) is 7.31. The number of carbonyl (C=O) groups is 1. The summed E-state index contributed by atoms with van der Waals surface area (Å²) in [5, 5.41) is 3.20. The lowest BCUT2D eigenvalue weighted by molar-refractivity contribution is 0.0924. The molecule has 0 aliphatic carbocycles. The van der Waals surface area contributed by atoms with Gasteiger partial charge in [-0.1, -0.05) is 0 Å². The van der Waals surface area contributed by atoms with Crippen molar-refractivity contribution in [1.29, 1.82) is 0 Å². The van der Waals surface area contributed by atoms with Gasteiger partial charge in [0, 0.05) is 37.0 Å². The molecular weight excluding hydrogens is 250 g/mol. The van der Waals surface area contributed by atoms with E-state index in [0.29, 0.717) is 12.0 Å². The predicted octanol–water partition coefficient (Wildman–Crippen LogP) is 1.68. The maximum Gasteiger partial charge on any atom is 0.253 e. The number of hydrogen-bond donors (Lipinski definition) is 1. The van der Waals surface area contributed by atoms with E-state index >= 15 is 0 Å². The quantitative estimate of drug-likeness (QED) is 0.900. The van der Waals surface area contributed by atoms with E-state index in [4.69, 9.17) is 0 Å². The van der Waals surface area contributed by atoms with Crippen molar-refractivity contribution in [2.75, 3.05) is 19.6 Å². The number of rotatable bonds is 2. The van der Waals surface area contributed by atoms with Crippen molar-refractivity contribution in [1.82, 2.24) is 14.6 Å². The molecule has 4 nitrogen and oxygen atoms in total. The summed E-state index contributed by atoms with van der Waals surface area (Å²) >= 11 is 0. The molecule has 3 atom stereocenters. The molecule has 2 bridgehead atoms. The molecule has 2 fully saturated rings. The van der Waals surface area contributed by atoms with Crippen molar-refractivity contribution in [3.05, 3.63) is 41.7 Å². The molecule has 4 heteroatoms. The maximum atomic E-state index is 12.4. The van der Waals surface area contributed by atoms with Crippen LogP contribution >= 0.6 is 0 Å². The monoisotopic (exact) mass is 269 g/mol. The van der Waals surface area contributed by atoms with Crippen LogP contribution in [0.3, 0.4) is 0 Å². The number of aromatic nitrogens is 1. The van der Waals surface area contributed by atoms with Crippen LogP contribution in [0, 0.1) is 12.8 Å². The maximum absolute atomic E-state index is 12.4. The fraction of sp³-hybridized carbons (Fsp3) is 0.438. The minimum absolute atomic E-state index is 0.0528. The molecule has 0 aromatic carbocycles. The van der Waals surface area contributed by atoms with Crippen LogP contribution in [0.2, 0.25) is 0 Å². The number of pyridine rings is 1. The van der Waals surface area contributed by atoms with Gasteiger partial charge >= 0.3 is 0 Å². The average molecular weight is 269 g/mol. The molecule has 104 valence electrons. The minimum atomic E-state index is 0.0528.